The Hall–Kier alpha value is -1.92. The highest BCUT2D eigenvalue weighted by Gasteiger charge is 2.38. The lowest BCUT2D eigenvalue weighted by Crippen LogP contribution is -2.33. The first-order valence-electron chi connectivity index (χ1n) is 6.82. The van der Waals surface area contributed by atoms with Crippen LogP contribution in [-0.4, -0.2) is 23.7 Å². The molecule has 0 saturated heterocycles. The molecule has 1 aromatic carbocycles. The van der Waals surface area contributed by atoms with Crippen LogP contribution >= 0.6 is 0 Å². The van der Waals surface area contributed by atoms with Crippen molar-refractivity contribution in [3.63, 3.8) is 0 Å². The number of hydrogen-bond donors (Lipinski definition) is 1. The van der Waals surface area contributed by atoms with Crippen LogP contribution in [0.5, 0.6) is 0 Å². The molecule has 1 aliphatic carbocycles. The van der Waals surface area contributed by atoms with Crippen LogP contribution in [0.2, 0.25) is 0 Å². The van der Waals surface area contributed by atoms with E-state index in [9.17, 15) is 13.2 Å². The Morgan fingerprint density at radius 2 is 1.81 bits per heavy atom. The van der Waals surface area contributed by atoms with Gasteiger partial charge in [0, 0.05) is 24.8 Å². The molecule has 0 bridgehead atoms. The van der Waals surface area contributed by atoms with E-state index in [1.54, 1.807) is 0 Å². The fourth-order valence-electron chi connectivity index (χ4n) is 2.23. The first-order valence-corrected chi connectivity index (χ1v) is 8.26. The fourth-order valence-corrected chi connectivity index (χ4v) is 3.87. The van der Waals surface area contributed by atoms with Crippen LogP contribution in [-0.2, 0) is 16.6 Å². The van der Waals surface area contributed by atoms with Crippen LogP contribution in [0, 0.1) is 0 Å². The van der Waals surface area contributed by atoms with Gasteiger partial charge >= 0.3 is 0 Å². The summed E-state index contributed by atoms with van der Waals surface area (Å²) in [7, 11) is -3.59. The largest absolute Gasteiger partial charge is 0.328 e. The lowest BCUT2D eigenvalue weighted by molar-refractivity contribution is 0.398. The summed E-state index contributed by atoms with van der Waals surface area (Å²) in [6.07, 6.45) is 3.03. The number of pyridine rings is 1. The molecule has 1 fully saturated rings. The summed E-state index contributed by atoms with van der Waals surface area (Å²) in [4.78, 5) is 13.6. The molecule has 1 heterocycles. The second kappa shape index (κ2) is 5.46. The van der Waals surface area contributed by atoms with Crippen molar-refractivity contribution < 1.29 is 8.42 Å². The molecule has 2 aromatic rings. The lowest BCUT2D eigenvalue weighted by atomic mass is 10.2. The van der Waals surface area contributed by atoms with Crippen LogP contribution < -0.4 is 5.56 Å². The maximum atomic E-state index is 12.7. The second-order valence-electron chi connectivity index (χ2n) is 5.16. The van der Waals surface area contributed by atoms with Gasteiger partial charge in [-0.15, -0.1) is 0 Å². The number of aromatic amines is 1. The maximum Gasteiger partial charge on any atom is 0.247 e. The third-order valence-electron chi connectivity index (χ3n) is 3.50. The molecule has 0 unspecified atom stereocenters. The molecular formula is C15H16N2O3S. The molecule has 0 spiro atoms. The van der Waals surface area contributed by atoms with Gasteiger partial charge in [-0.3, -0.25) is 4.79 Å². The van der Waals surface area contributed by atoms with Crippen molar-refractivity contribution in [3.8, 4) is 0 Å². The van der Waals surface area contributed by atoms with Gasteiger partial charge in [0.25, 0.3) is 0 Å². The van der Waals surface area contributed by atoms with Crippen molar-refractivity contribution in [2.75, 3.05) is 0 Å². The van der Waals surface area contributed by atoms with Crippen LogP contribution in [0.15, 0.2) is 58.4 Å². The molecular weight excluding hydrogens is 288 g/mol. The summed E-state index contributed by atoms with van der Waals surface area (Å²) in [5.41, 5.74) is 0.646. The molecule has 1 aromatic heterocycles. The highest BCUT2D eigenvalue weighted by Crippen LogP contribution is 2.33. The van der Waals surface area contributed by atoms with Gasteiger partial charge in [-0.2, -0.15) is 4.31 Å². The van der Waals surface area contributed by atoms with E-state index >= 15 is 0 Å². The van der Waals surface area contributed by atoms with Crippen molar-refractivity contribution in [1.82, 2.24) is 9.29 Å². The standard InChI is InChI=1S/C15H16N2O3S/c18-15-9-8-14(10-16-15)21(19,20)17(13-6-7-13)11-12-4-2-1-3-5-12/h1-5,8-10,13H,6-7,11H2,(H,16,18). The minimum atomic E-state index is -3.59. The smallest absolute Gasteiger partial charge is 0.247 e. The molecule has 0 aliphatic heterocycles. The molecule has 6 heteroatoms. The third-order valence-corrected chi connectivity index (χ3v) is 5.39. The van der Waals surface area contributed by atoms with Crippen molar-refractivity contribution in [2.24, 2.45) is 0 Å². The van der Waals surface area contributed by atoms with Gasteiger partial charge in [0.15, 0.2) is 0 Å². The third kappa shape index (κ3) is 3.06. The number of benzene rings is 1. The van der Waals surface area contributed by atoms with Crippen molar-refractivity contribution in [3.05, 3.63) is 64.6 Å². The van der Waals surface area contributed by atoms with Gasteiger partial charge in [0.2, 0.25) is 15.6 Å². The zero-order valence-electron chi connectivity index (χ0n) is 11.4. The molecule has 1 saturated carbocycles. The maximum absolute atomic E-state index is 12.7. The van der Waals surface area contributed by atoms with E-state index in [4.69, 9.17) is 0 Å². The molecule has 3 rings (SSSR count). The summed E-state index contributed by atoms with van der Waals surface area (Å²) in [6.45, 7) is 0.354. The van der Waals surface area contributed by atoms with E-state index in [0.717, 1.165) is 18.4 Å². The molecule has 0 atom stereocenters. The predicted molar refractivity (Wildman–Crippen MR) is 79.3 cm³/mol. The number of H-pyrrole nitrogens is 1. The monoisotopic (exact) mass is 304 g/mol. The number of sulfonamides is 1. The molecule has 0 radical (unpaired) electrons. The van der Waals surface area contributed by atoms with Crippen molar-refractivity contribution in [2.45, 2.75) is 30.3 Å². The summed E-state index contributed by atoms with van der Waals surface area (Å²) in [5.74, 6) is 0. The minimum Gasteiger partial charge on any atom is -0.328 e. The van der Waals surface area contributed by atoms with Crippen molar-refractivity contribution >= 4 is 10.0 Å². The van der Waals surface area contributed by atoms with Crippen LogP contribution in [0.25, 0.3) is 0 Å². The van der Waals surface area contributed by atoms with Gasteiger partial charge in [-0.25, -0.2) is 8.42 Å². The van der Waals surface area contributed by atoms with Crippen LogP contribution in [0.3, 0.4) is 0 Å². The normalized spacial score (nSPS) is 15.3. The number of nitrogens with one attached hydrogen (secondary N) is 1. The molecule has 0 amide bonds. The zero-order valence-corrected chi connectivity index (χ0v) is 12.2. The quantitative estimate of drug-likeness (QED) is 0.914. The fraction of sp³-hybridized carbons (Fsp3) is 0.267. The Labute approximate surface area is 123 Å². The van der Waals surface area contributed by atoms with Crippen LogP contribution in [0.4, 0.5) is 0 Å². The number of aromatic nitrogens is 1. The Morgan fingerprint density at radius 1 is 1.10 bits per heavy atom. The lowest BCUT2D eigenvalue weighted by Gasteiger charge is -2.21. The van der Waals surface area contributed by atoms with E-state index in [0.29, 0.717) is 6.54 Å². The SMILES string of the molecule is O=c1ccc(S(=O)(=O)N(Cc2ccccc2)C2CC2)c[nH]1. The van der Waals surface area contributed by atoms with Crippen molar-refractivity contribution in [1.29, 1.82) is 0 Å². The van der Waals surface area contributed by atoms with E-state index in [2.05, 4.69) is 4.98 Å². The first kappa shape index (κ1) is 14.0. The highest BCUT2D eigenvalue weighted by molar-refractivity contribution is 7.89. The van der Waals surface area contributed by atoms with E-state index in [-0.39, 0.29) is 16.5 Å². The summed E-state index contributed by atoms with van der Waals surface area (Å²) < 4.78 is 27.0. The molecule has 21 heavy (non-hydrogen) atoms. The van der Waals surface area contributed by atoms with Gasteiger partial charge in [-0.05, 0) is 24.5 Å². The van der Waals surface area contributed by atoms with Gasteiger partial charge < -0.3 is 4.98 Å². The van der Waals surface area contributed by atoms with Gasteiger partial charge in [-0.1, -0.05) is 30.3 Å². The average Bonchev–Trinajstić information content (AvgIpc) is 3.31. The Balaban J connectivity index is 1.93. The van der Waals surface area contributed by atoms with E-state index in [1.807, 2.05) is 30.3 Å². The number of hydrogen-bond acceptors (Lipinski definition) is 3. The zero-order chi connectivity index (χ0) is 14.9. The number of nitrogens with zero attached hydrogens (tertiary/aromatic N) is 1. The molecule has 1 N–H and O–H groups in total. The van der Waals surface area contributed by atoms with E-state index < -0.39 is 10.0 Å². The summed E-state index contributed by atoms with van der Waals surface area (Å²) in [5, 5.41) is 0. The number of rotatable bonds is 5. The highest BCUT2D eigenvalue weighted by atomic mass is 32.2. The second-order valence-corrected chi connectivity index (χ2v) is 7.05. The van der Waals surface area contributed by atoms with Gasteiger partial charge in [0.05, 0.1) is 4.90 Å². The Bertz CT molecular complexity index is 760. The molecule has 110 valence electrons. The molecule has 1 aliphatic rings. The van der Waals surface area contributed by atoms with Gasteiger partial charge in [0.1, 0.15) is 0 Å². The summed E-state index contributed by atoms with van der Waals surface area (Å²) >= 11 is 0. The van der Waals surface area contributed by atoms with E-state index in [1.165, 1.54) is 22.6 Å². The van der Waals surface area contributed by atoms with Crippen LogP contribution in [0.1, 0.15) is 18.4 Å². The molecule has 5 nitrogen and oxygen atoms in total. The Kier molecular flexibility index (Phi) is 3.65. The first-order chi connectivity index (χ1) is 10.1. The average molecular weight is 304 g/mol. The minimum absolute atomic E-state index is 0.0575. The predicted octanol–water partition coefficient (Wildman–Crippen LogP) is 1.73. The topological polar surface area (TPSA) is 70.2 Å². The summed E-state index contributed by atoms with van der Waals surface area (Å²) in [6, 6.07) is 12.2. The Morgan fingerprint density at radius 3 is 2.38 bits per heavy atom.